The third kappa shape index (κ3) is 4.62. The predicted molar refractivity (Wildman–Crippen MR) is 169 cm³/mol. The van der Waals surface area contributed by atoms with Crippen molar-refractivity contribution in [1.82, 2.24) is 10.2 Å². The zero-order chi connectivity index (χ0) is 33.1. The van der Waals surface area contributed by atoms with Crippen LogP contribution in [0.4, 0.5) is 0 Å². The Balaban J connectivity index is 1.46. The van der Waals surface area contributed by atoms with E-state index in [0.29, 0.717) is 48.4 Å². The first-order valence-electron chi connectivity index (χ1n) is 16.0. The molecule has 1 saturated heterocycles. The number of hydrogen-bond donors (Lipinski definition) is 3. The lowest BCUT2D eigenvalue weighted by molar-refractivity contribution is -0.163. The summed E-state index contributed by atoms with van der Waals surface area (Å²) in [6.45, 7) is 4.27. The minimum absolute atomic E-state index is 0.0543. The van der Waals surface area contributed by atoms with E-state index in [0.717, 1.165) is 0 Å². The number of benzene rings is 3. The summed E-state index contributed by atoms with van der Waals surface area (Å²) in [5, 5.41) is 28.9. The normalized spacial score (nSPS) is 28.5. The molecule has 4 aliphatic rings. The topological polar surface area (TPSA) is 136 Å². The maximum Gasteiger partial charge on any atom is 0.232 e. The van der Waals surface area contributed by atoms with Crippen LogP contribution in [0.15, 0.2) is 60.7 Å². The van der Waals surface area contributed by atoms with Crippen LogP contribution >= 0.6 is 0 Å². The number of aliphatic hydroxyl groups is 2. The van der Waals surface area contributed by atoms with Gasteiger partial charge in [-0.05, 0) is 42.0 Å². The Morgan fingerprint density at radius 2 is 1.79 bits per heavy atom. The van der Waals surface area contributed by atoms with Gasteiger partial charge in [0.25, 0.3) is 0 Å². The average Bonchev–Trinajstić information content (AvgIpc) is 3.76. The molecule has 2 amide bonds. The number of fused-ring (bicyclic) bond motifs is 5. The molecule has 248 valence electrons. The van der Waals surface area contributed by atoms with Gasteiger partial charge in [0.05, 0.1) is 25.7 Å². The number of likely N-dealkylation sites (tertiary alicyclic amines) is 1. The van der Waals surface area contributed by atoms with E-state index in [1.807, 2.05) is 44.2 Å². The fraction of sp³-hybridized carbons (Fsp3) is 0.444. The molecule has 3 heterocycles. The van der Waals surface area contributed by atoms with Crippen LogP contribution in [0.5, 0.6) is 28.7 Å². The highest BCUT2D eigenvalue weighted by molar-refractivity contribution is 5.86. The molecule has 11 heteroatoms. The van der Waals surface area contributed by atoms with Gasteiger partial charge in [0, 0.05) is 24.9 Å². The van der Waals surface area contributed by atoms with E-state index in [1.54, 1.807) is 42.3 Å². The molecule has 6 atom stereocenters. The van der Waals surface area contributed by atoms with E-state index < -0.39 is 35.3 Å². The first-order chi connectivity index (χ1) is 22.6. The molecule has 11 nitrogen and oxygen atoms in total. The lowest BCUT2D eigenvalue weighted by Crippen LogP contribution is -2.58. The third-order valence-corrected chi connectivity index (χ3v) is 9.98. The Hall–Kier alpha value is -4.48. The van der Waals surface area contributed by atoms with Crippen molar-refractivity contribution in [2.45, 2.75) is 62.5 Å². The Morgan fingerprint density at radius 1 is 1.04 bits per heavy atom. The smallest absolute Gasteiger partial charge is 0.232 e. The van der Waals surface area contributed by atoms with Crippen LogP contribution in [0.1, 0.15) is 55.7 Å². The second-order valence-corrected chi connectivity index (χ2v) is 13.1. The summed E-state index contributed by atoms with van der Waals surface area (Å²) in [7, 11) is 3.00. The van der Waals surface area contributed by atoms with Crippen LogP contribution in [0.3, 0.4) is 0 Å². The first kappa shape index (κ1) is 31.1. The standard InChI is InChI=1S/C36H40N2O9/c1-20(2)17-27(39)37-26-11-8-16-38(26)33(40)30-28(21-9-6-5-7-10-21)35(42)29-24(18-25-31(32(29)44-4)46-19-45-25)47-36(30,34(35)41)22-12-14-23(43-3)15-13-22/h5-7,9-10,12-15,18,20,26,28,30,34,41-42H,8,11,16-17,19H2,1-4H3,(H,37,39)/t26-,28+,30-,34-,35-,36+/m1/s1. The van der Waals surface area contributed by atoms with Crippen molar-refractivity contribution in [2.75, 3.05) is 27.6 Å². The molecule has 2 bridgehead atoms. The van der Waals surface area contributed by atoms with Crippen LogP contribution < -0.4 is 29.0 Å². The van der Waals surface area contributed by atoms with E-state index in [1.165, 1.54) is 7.11 Å². The van der Waals surface area contributed by atoms with Crippen LogP contribution in [-0.4, -0.2) is 66.8 Å². The number of ether oxygens (including phenoxy) is 5. The van der Waals surface area contributed by atoms with Crippen molar-refractivity contribution in [1.29, 1.82) is 0 Å². The van der Waals surface area contributed by atoms with Gasteiger partial charge in [-0.3, -0.25) is 9.59 Å². The fourth-order valence-electron chi connectivity index (χ4n) is 8.06. The molecule has 1 aliphatic carbocycles. The number of amides is 2. The van der Waals surface area contributed by atoms with Gasteiger partial charge >= 0.3 is 0 Å². The van der Waals surface area contributed by atoms with Gasteiger partial charge < -0.3 is 44.1 Å². The summed E-state index contributed by atoms with van der Waals surface area (Å²) in [6, 6.07) is 17.8. The minimum Gasteiger partial charge on any atom is -0.497 e. The first-order valence-corrected chi connectivity index (χ1v) is 16.0. The number of nitrogens with one attached hydrogen (secondary N) is 1. The largest absolute Gasteiger partial charge is 0.497 e. The van der Waals surface area contributed by atoms with Crippen LogP contribution in [0.25, 0.3) is 0 Å². The fourth-order valence-corrected chi connectivity index (χ4v) is 8.06. The van der Waals surface area contributed by atoms with Crippen molar-refractivity contribution in [2.24, 2.45) is 11.8 Å². The zero-order valence-electron chi connectivity index (χ0n) is 26.9. The number of carbonyl (C=O) groups is 2. The van der Waals surface area contributed by atoms with Crippen LogP contribution in [-0.2, 0) is 20.8 Å². The molecule has 0 radical (unpaired) electrons. The van der Waals surface area contributed by atoms with E-state index in [4.69, 9.17) is 23.7 Å². The van der Waals surface area contributed by atoms with Crippen molar-refractivity contribution < 1.29 is 43.5 Å². The number of carbonyl (C=O) groups excluding carboxylic acids is 2. The minimum atomic E-state index is -2.10. The number of aliphatic hydroxyl groups excluding tert-OH is 1. The SMILES string of the molecule is COc1ccc([C@@]23Oc4cc5c(c(OC)c4[C@@](O)([C@H]2O)[C@@H](c2ccccc2)[C@@H]3C(=O)N2CCC[C@@H]2NC(=O)CC(C)C)OCO5)cc1. The molecule has 3 aliphatic heterocycles. The average molecular weight is 645 g/mol. The van der Waals surface area contributed by atoms with Gasteiger partial charge in [-0.1, -0.05) is 56.3 Å². The summed E-state index contributed by atoms with van der Waals surface area (Å²) >= 11 is 0. The predicted octanol–water partition coefficient (Wildman–Crippen LogP) is 3.79. The second kappa shape index (κ2) is 11.6. The van der Waals surface area contributed by atoms with Crippen LogP contribution in [0.2, 0.25) is 0 Å². The molecule has 2 fully saturated rings. The third-order valence-electron chi connectivity index (χ3n) is 9.98. The molecule has 3 aromatic rings. The lowest BCUT2D eigenvalue weighted by Gasteiger charge is -2.45. The summed E-state index contributed by atoms with van der Waals surface area (Å²) in [6.07, 6.45) is -0.610. The van der Waals surface area contributed by atoms with Gasteiger partial charge in [0.1, 0.15) is 29.4 Å². The molecular weight excluding hydrogens is 604 g/mol. The monoisotopic (exact) mass is 644 g/mol. The number of hydrogen-bond acceptors (Lipinski definition) is 9. The molecule has 0 aromatic heterocycles. The Bertz CT molecular complexity index is 1680. The summed E-state index contributed by atoms with van der Waals surface area (Å²) in [5.74, 6) is -0.947. The maximum absolute atomic E-state index is 15.3. The highest BCUT2D eigenvalue weighted by atomic mass is 16.7. The molecular formula is C36H40N2O9. The highest BCUT2D eigenvalue weighted by Crippen LogP contribution is 2.70. The highest BCUT2D eigenvalue weighted by Gasteiger charge is 2.77. The summed E-state index contributed by atoms with van der Waals surface area (Å²) < 4.78 is 29.7. The Morgan fingerprint density at radius 3 is 2.47 bits per heavy atom. The second-order valence-electron chi connectivity index (χ2n) is 13.1. The van der Waals surface area contributed by atoms with Crippen molar-refractivity contribution in [3.63, 3.8) is 0 Å². The van der Waals surface area contributed by atoms with Crippen molar-refractivity contribution >= 4 is 11.8 Å². The quantitative estimate of drug-likeness (QED) is 0.335. The van der Waals surface area contributed by atoms with Gasteiger partial charge in [-0.15, -0.1) is 0 Å². The van der Waals surface area contributed by atoms with E-state index in [9.17, 15) is 15.0 Å². The molecule has 1 saturated carbocycles. The maximum atomic E-state index is 15.3. The Labute approximate surface area is 273 Å². The summed E-state index contributed by atoms with van der Waals surface area (Å²) in [4.78, 5) is 29.8. The van der Waals surface area contributed by atoms with E-state index in [-0.39, 0.29) is 47.3 Å². The van der Waals surface area contributed by atoms with E-state index in [2.05, 4.69) is 5.32 Å². The number of nitrogens with zero attached hydrogens (tertiary/aromatic N) is 1. The lowest BCUT2D eigenvalue weighted by atomic mass is 9.74. The zero-order valence-corrected chi connectivity index (χ0v) is 26.9. The van der Waals surface area contributed by atoms with Gasteiger partial charge in [0.15, 0.2) is 17.1 Å². The van der Waals surface area contributed by atoms with E-state index >= 15 is 4.79 Å². The number of methoxy groups -OCH3 is 2. The molecule has 3 N–H and O–H groups in total. The molecule has 0 spiro atoms. The van der Waals surface area contributed by atoms with Crippen molar-refractivity contribution in [3.05, 3.63) is 77.4 Å². The molecule has 0 unspecified atom stereocenters. The number of rotatable bonds is 8. The van der Waals surface area contributed by atoms with Crippen molar-refractivity contribution in [3.8, 4) is 28.7 Å². The Kier molecular flexibility index (Phi) is 7.71. The van der Waals surface area contributed by atoms with Gasteiger partial charge in [-0.25, -0.2) is 0 Å². The molecule has 3 aromatic carbocycles. The van der Waals surface area contributed by atoms with Gasteiger partial charge in [-0.2, -0.15) is 0 Å². The summed E-state index contributed by atoms with van der Waals surface area (Å²) in [5.41, 5.74) is -2.61. The molecule has 47 heavy (non-hydrogen) atoms. The molecule has 7 rings (SSSR count). The van der Waals surface area contributed by atoms with Gasteiger partial charge in [0.2, 0.25) is 24.4 Å². The van der Waals surface area contributed by atoms with Crippen LogP contribution in [0, 0.1) is 11.8 Å².